The Hall–Kier alpha value is -1.59. The highest BCUT2D eigenvalue weighted by Gasteiger charge is 2.20. The van der Waals surface area contributed by atoms with Crippen LogP contribution < -0.4 is 15.4 Å². The second-order valence-electron chi connectivity index (χ2n) is 6.90. The molecule has 1 aliphatic heterocycles. The van der Waals surface area contributed by atoms with Gasteiger partial charge in [0.25, 0.3) is 0 Å². The SMILES string of the molecule is Cc1cccc(C)c1OC[C@@H](C)NC(=O)CN(C)C1CCNCC1. The first kappa shape index (κ1) is 18.7. The third kappa shape index (κ3) is 5.49. The van der Waals surface area contributed by atoms with Crippen LogP contribution in [0, 0.1) is 13.8 Å². The number of nitrogens with one attached hydrogen (secondary N) is 2. The number of piperidine rings is 1. The average Bonchev–Trinajstić information content (AvgIpc) is 2.55. The van der Waals surface area contributed by atoms with Crippen LogP contribution in [0.2, 0.25) is 0 Å². The van der Waals surface area contributed by atoms with Crippen molar-refractivity contribution in [2.45, 2.75) is 45.7 Å². The molecule has 1 atom stereocenters. The van der Waals surface area contributed by atoms with Crippen LogP contribution in [-0.2, 0) is 4.79 Å². The lowest BCUT2D eigenvalue weighted by molar-refractivity contribution is -0.123. The summed E-state index contributed by atoms with van der Waals surface area (Å²) >= 11 is 0. The van der Waals surface area contributed by atoms with E-state index in [4.69, 9.17) is 4.74 Å². The van der Waals surface area contributed by atoms with Crippen LogP contribution in [0.3, 0.4) is 0 Å². The molecule has 1 amide bonds. The fraction of sp³-hybridized carbons (Fsp3) is 0.632. The third-order valence-corrected chi connectivity index (χ3v) is 4.62. The van der Waals surface area contributed by atoms with Crippen molar-refractivity contribution >= 4 is 5.91 Å². The zero-order chi connectivity index (χ0) is 17.5. The Morgan fingerprint density at radius 3 is 2.58 bits per heavy atom. The molecule has 5 nitrogen and oxygen atoms in total. The third-order valence-electron chi connectivity index (χ3n) is 4.62. The molecule has 134 valence electrons. The minimum absolute atomic E-state index is 0.0158. The number of carbonyl (C=O) groups excluding carboxylic acids is 1. The van der Waals surface area contributed by atoms with Gasteiger partial charge in [-0.2, -0.15) is 0 Å². The predicted octanol–water partition coefficient (Wildman–Crippen LogP) is 1.87. The Balaban J connectivity index is 1.75. The van der Waals surface area contributed by atoms with Gasteiger partial charge in [-0.25, -0.2) is 0 Å². The minimum atomic E-state index is -0.0158. The summed E-state index contributed by atoms with van der Waals surface area (Å²) in [6.07, 6.45) is 2.21. The summed E-state index contributed by atoms with van der Waals surface area (Å²) in [4.78, 5) is 14.4. The molecule has 1 aliphatic rings. The van der Waals surface area contributed by atoms with Gasteiger partial charge in [0.15, 0.2) is 0 Å². The topological polar surface area (TPSA) is 53.6 Å². The normalized spacial score (nSPS) is 16.9. The van der Waals surface area contributed by atoms with E-state index < -0.39 is 0 Å². The van der Waals surface area contributed by atoms with E-state index in [2.05, 4.69) is 15.5 Å². The molecular weight excluding hydrogens is 302 g/mol. The number of amides is 1. The zero-order valence-corrected chi connectivity index (χ0v) is 15.4. The Morgan fingerprint density at radius 1 is 1.33 bits per heavy atom. The van der Waals surface area contributed by atoms with Crippen LogP contribution >= 0.6 is 0 Å². The molecule has 1 aromatic carbocycles. The Morgan fingerprint density at radius 2 is 1.96 bits per heavy atom. The van der Waals surface area contributed by atoms with Crippen LogP contribution in [0.25, 0.3) is 0 Å². The van der Waals surface area contributed by atoms with Gasteiger partial charge in [-0.1, -0.05) is 18.2 Å². The first-order chi connectivity index (χ1) is 11.5. The first-order valence-corrected chi connectivity index (χ1v) is 8.86. The molecule has 0 aromatic heterocycles. The number of ether oxygens (including phenoxy) is 1. The van der Waals surface area contributed by atoms with Crippen molar-refractivity contribution in [1.29, 1.82) is 0 Å². The molecule has 0 radical (unpaired) electrons. The molecule has 0 saturated carbocycles. The van der Waals surface area contributed by atoms with E-state index in [1.54, 1.807) is 0 Å². The Labute approximate surface area is 145 Å². The van der Waals surface area contributed by atoms with E-state index in [1.807, 2.05) is 46.0 Å². The maximum absolute atomic E-state index is 12.2. The average molecular weight is 333 g/mol. The molecule has 0 spiro atoms. The molecule has 1 fully saturated rings. The number of nitrogens with zero attached hydrogens (tertiary/aromatic N) is 1. The zero-order valence-electron chi connectivity index (χ0n) is 15.4. The van der Waals surface area contributed by atoms with Crippen LogP contribution in [0.5, 0.6) is 5.75 Å². The highest BCUT2D eigenvalue weighted by molar-refractivity contribution is 5.78. The molecule has 1 saturated heterocycles. The minimum Gasteiger partial charge on any atom is -0.491 e. The highest BCUT2D eigenvalue weighted by Crippen LogP contribution is 2.22. The van der Waals surface area contributed by atoms with Gasteiger partial charge in [-0.05, 0) is 64.9 Å². The number of hydrogen-bond acceptors (Lipinski definition) is 4. The maximum Gasteiger partial charge on any atom is 0.234 e. The summed E-state index contributed by atoms with van der Waals surface area (Å²) < 4.78 is 5.91. The van der Waals surface area contributed by atoms with E-state index >= 15 is 0 Å². The van der Waals surface area contributed by atoms with Crippen molar-refractivity contribution in [2.24, 2.45) is 0 Å². The maximum atomic E-state index is 12.2. The van der Waals surface area contributed by atoms with Crippen molar-refractivity contribution < 1.29 is 9.53 Å². The van der Waals surface area contributed by atoms with E-state index in [9.17, 15) is 4.79 Å². The second kappa shape index (κ2) is 9.04. The molecule has 1 aromatic rings. The molecular formula is C19H31N3O2. The molecule has 2 N–H and O–H groups in total. The smallest absolute Gasteiger partial charge is 0.234 e. The number of hydrogen-bond donors (Lipinski definition) is 2. The summed E-state index contributed by atoms with van der Waals surface area (Å²) in [5.41, 5.74) is 2.25. The number of benzene rings is 1. The molecule has 0 aliphatic carbocycles. The van der Waals surface area contributed by atoms with Gasteiger partial charge >= 0.3 is 0 Å². The van der Waals surface area contributed by atoms with Crippen LogP contribution in [0.15, 0.2) is 18.2 Å². The van der Waals surface area contributed by atoms with Gasteiger partial charge in [0.1, 0.15) is 12.4 Å². The van der Waals surface area contributed by atoms with Crippen molar-refractivity contribution in [3.63, 3.8) is 0 Å². The van der Waals surface area contributed by atoms with E-state index in [0.29, 0.717) is 19.2 Å². The number of carbonyl (C=O) groups is 1. The monoisotopic (exact) mass is 333 g/mol. The lowest BCUT2D eigenvalue weighted by Crippen LogP contribution is -2.47. The number of rotatable bonds is 7. The summed E-state index contributed by atoms with van der Waals surface area (Å²) in [6, 6.07) is 6.59. The van der Waals surface area contributed by atoms with Gasteiger partial charge in [-0.3, -0.25) is 9.69 Å². The van der Waals surface area contributed by atoms with Crippen LogP contribution in [0.1, 0.15) is 30.9 Å². The second-order valence-corrected chi connectivity index (χ2v) is 6.90. The summed E-state index contributed by atoms with van der Waals surface area (Å²) in [6.45, 7) is 9.06. The highest BCUT2D eigenvalue weighted by atomic mass is 16.5. The lowest BCUT2D eigenvalue weighted by atomic mass is 10.1. The van der Waals surface area contributed by atoms with Gasteiger partial charge in [0.2, 0.25) is 5.91 Å². The largest absolute Gasteiger partial charge is 0.491 e. The number of aryl methyl sites for hydroxylation is 2. The predicted molar refractivity (Wildman–Crippen MR) is 97.5 cm³/mol. The number of para-hydroxylation sites is 1. The van der Waals surface area contributed by atoms with Gasteiger partial charge in [-0.15, -0.1) is 0 Å². The fourth-order valence-electron chi connectivity index (χ4n) is 3.20. The Kier molecular flexibility index (Phi) is 7.06. The van der Waals surface area contributed by atoms with Gasteiger partial charge in [0, 0.05) is 6.04 Å². The fourth-order valence-corrected chi connectivity index (χ4v) is 3.20. The number of likely N-dealkylation sites (N-methyl/N-ethyl adjacent to an activating group) is 1. The van der Waals surface area contributed by atoms with Crippen LogP contribution in [-0.4, -0.2) is 56.2 Å². The standard InChI is InChI=1S/C19H31N3O2/c1-14-6-5-7-15(2)19(14)24-13-16(3)21-18(23)12-22(4)17-8-10-20-11-9-17/h5-7,16-17,20H,8-13H2,1-4H3,(H,21,23)/t16-/m1/s1. The van der Waals surface area contributed by atoms with Gasteiger partial charge < -0.3 is 15.4 Å². The molecule has 0 unspecified atom stereocenters. The van der Waals surface area contributed by atoms with Crippen molar-refractivity contribution in [3.05, 3.63) is 29.3 Å². The van der Waals surface area contributed by atoms with Crippen LogP contribution in [0.4, 0.5) is 0 Å². The van der Waals surface area contributed by atoms with E-state index in [1.165, 1.54) is 0 Å². The van der Waals surface area contributed by atoms with E-state index in [-0.39, 0.29) is 11.9 Å². The molecule has 1 heterocycles. The van der Waals surface area contributed by atoms with E-state index in [0.717, 1.165) is 42.8 Å². The summed E-state index contributed by atoms with van der Waals surface area (Å²) in [5, 5.41) is 6.39. The molecule has 0 bridgehead atoms. The quantitative estimate of drug-likeness (QED) is 0.800. The van der Waals surface area contributed by atoms with Crippen molar-refractivity contribution in [2.75, 3.05) is 33.3 Å². The molecule has 2 rings (SSSR count). The van der Waals surface area contributed by atoms with Crippen molar-refractivity contribution in [3.8, 4) is 5.75 Å². The van der Waals surface area contributed by atoms with Gasteiger partial charge in [0.05, 0.1) is 12.6 Å². The lowest BCUT2D eigenvalue weighted by Gasteiger charge is -2.31. The Bertz CT molecular complexity index is 521. The summed E-state index contributed by atoms with van der Waals surface area (Å²) in [5.74, 6) is 0.985. The summed E-state index contributed by atoms with van der Waals surface area (Å²) in [7, 11) is 2.04. The first-order valence-electron chi connectivity index (χ1n) is 8.86. The molecule has 5 heteroatoms. The molecule has 24 heavy (non-hydrogen) atoms. The van der Waals surface area contributed by atoms with Crippen molar-refractivity contribution in [1.82, 2.24) is 15.5 Å².